The van der Waals surface area contributed by atoms with Gasteiger partial charge in [0, 0.05) is 10.6 Å². The first-order chi connectivity index (χ1) is 16.2. The molecule has 2 amide bonds. The number of rotatable bonds is 12. The third kappa shape index (κ3) is 8.44. The van der Waals surface area contributed by atoms with Crippen molar-refractivity contribution in [1.82, 2.24) is 10.7 Å². The minimum atomic E-state index is -0.788. The predicted octanol–water partition coefficient (Wildman–Crippen LogP) is 3.84. The third-order valence-electron chi connectivity index (χ3n) is 4.69. The highest BCUT2D eigenvalue weighted by Crippen LogP contribution is 2.31. The second-order valence-electron chi connectivity index (χ2n) is 7.95. The molecule has 0 spiro atoms. The van der Waals surface area contributed by atoms with Crippen LogP contribution in [0.5, 0.6) is 17.2 Å². The number of nitrogens with zero attached hydrogens (tertiary/aromatic N) is 1. The minimum Gasteiger partial charge on any atom is -0.504 e. The molecule has 0 bridgehead atoms. The summed E-state index contributed by atoms with van der Waals surface area (Å²) in [5, 5.41) is 17.4. The van der Waals surface area contributed by atoms with Gasteiger partial charge >= 0.3 is 0 Å². The molecule has 9 heteroatoms. The second-order valence-corrected chi connectivity index (χ2v) is 8.39. The Morgan fingerprint density at radius 1 is 1.24 bits per heavy atom. The van der Waals surface area contributed by atoms with Crippen molar-refractivity contribution in [3.8, 4) is 17.2 Å². The highest BCUT2D eigenvalue weighted by molar-refractivity contribution is 6.30. The third-order valence-corrected chi connectivity index (χ3v) is 4.94. The van der Waals surface area contributed by atoms with Gasteiger partial charge in [-0.15, -0.1) is 6.58 Å². The number of carbonyl (C=O) groups is 2. The first-order valence-electron chi connectivity index (χ1n) is 10.7. The fourth-order valence-electron chi connectivity index (χ4n) is 3.10. The number of carbonyl (C=O) groups excluding carboxylic acids is 2. The number of aromatic hydroxyl groups is 1. The van der Waals surface area contributed by atoms with E-state index in [-0.39, 0.29) is 24.0 Å². The van der Waals surface area contributed by atoms with Crippen LogP contribution in [0.3, 0.4) is 0 Å². The number of nitrogens with one attached hydrogen (secondary N) is 2. The van der Waals surface area contributed by atoms with Crippen LogP contribution in [0.15, 0.2) is 54.2 Å². The molecule has 8 nitrogen and oxygen atoms in total. The number of halogens is 1. The number of ether oxygens (including phenoxy) is 2. The van der Waals surface area contributed by atoms with Crippen LogP contribution in [0.2, 0.25) is 5.02 Å². The van der Waals surface area contributed by atoms with Gasteiger partial charge in [0.05, 0.1) is 13.3 Å². The molecule has 0 aliphatic carbocycles. The fourth-order valence-corrected chi connectivity index (χ4v) is 3.22. The molecule has 34 heavy (non-hydrogen) atoms. The Balaban J connectivity index is 2.01. The second kappa shape index (κ2) is 13.3. The van der Waals surface area contributed by atoms with Crippen LogP contribution in [0.1, 0.15) is 31.4 Å². The number of hydrogen-bond donors (Lipinski definition) is 3. The first-order valence-corrected chi connectivity index (χ1v) is 11.1. The summed E-state index contributed by atoms with van der Waals surface area (Å²) in [5.41, 5.74) is 3.70. The van der Waals surface area contributed by atoms with Gasteiger partial charge < -0.3 is 19.9 Å². The van der Waals surface area contributed by atoms with Gasteiger partial charge in [0.2, 0.25) is 0 Å². The van der Waals surface area contributed by atoms with Gasteiger partial charge in [-0.2, -0.15) is 5.10 Å². The lowest BCUT2D eigenvalue weighted by molar-refractivity contribution is -0.130. The molecule has 2 aromatic rings. The Kier molecular flexibility index (Phi) is 10.4. The van der Waals surface area contributed by atoms with Crippen LogP contribution in [-0.4, -0.2) is 42.9 Å². The number of hydrogen-bond acceptors (Lipinski definition) is 6. The lowest BCUT2D eigenvalue weighted by atomic mass is 10.0. The normalized spacial score (nSPS) is 11.8. The molecule has 1 atom stereocenters. The minimum absolute atomic E-state index is 0.0316. The van der Waals surface area contributed by atoms with Crippen molar-refractivity contribution < 1.29 is 24.2 Å². The van der Waals surface area contributed by atoms with E-state index in [2.05, 4.69) is 22.4 Å². The summed E-state index contributed by atoms with van der Waals surface area (Å²) in [6.07, 6.45) is 3.96. The summed E-state index contributed by atoms with van der Waals surface area (Å²) in [6.45, 7) is 7.33. The molecule has 0 fully saturated rings. The van der Waals surface area contributed by atoms with Gasteiger partial charge in [-0.1, -0.05) is 31.5 Å². The van der Waals surface area contributed by atoms with Crippen molar-refractivity contribution in [1.29, 1.82) is 0 Å². The topological polar surface area (TPSA) is 109 Å². The van der Waals surface area contributed by atoms with Crippen molar-refractivity contribution in [2.75, 3.05) is 13.7 Å². The lowest BCUT2D eigenvalue weighted by Gasteiger charge is -2.19. The summed E-state index contributed by atoms with van der Waals surface area (Å²) in [5.74, 6) is 0.0787. The molecule has 0 heterocycles. The molecule has 0 aromatic heterocycles. The fraction of sp³-hybridized carbons (Fsp3) is 0.320. The molecule has 0 aliphatic rings. The van der Waals surface area contributed by atoms with Crippen molar-refractivity contribution in [2.45, 2.75) is 32.7 Å². The van der Waals surface area contributed by atoms with Crippen molar-refractivity contribution in [3.05, 3.63) is 65.2 Å². The van der Waals surface area contributed by atoms with Gasteiger partial charge in [0.15, 0.2) is 18.1 Å². The van der Waals surface area contributed by atoms with E-state index < -0.39 is 17.9 Å². The van der Waals surface area contributed by atoms with Crippen LogP contribution < -0.4 is 20.2 Å². The zero-order chi connectivity index (χ0) is 25.1. The number of methoxy groups -OCH3 is 1. The van der Waals surface area contributed by atoms with E-state index in [0.717, 1.165) is 0 Å². The quantitative estimate of drug-likeness (QED) is 0.239. The maximum Gasteiger partial charge on any atom is 0.262 e. The number of phenolic OH excluding ortho intramolecular Hbond substituents is 1. The number of phenols is 1. The van der Waals surface area contributed by atoms with Gasteiger partial charge in [0.25, 0.3) is 11.8 Å². The maximum atomic E-state index is 12.7. The number of allylic oxidation sites excluding steroid dienone is 1. The van der Waals surface area contributed by atoms with Crippen molar-refractivity contribution in [3.63, 3.8) is 0 Å². The average Bonchev–Trinajstić information content (AvgIpc) is 2.80. The Bertz CT molecular complexity index is 1020. The SMILES string of the molecule is C=CCc1cc(/C=N\NC(=O)[C@@H](CC(C)C)NC(=O)COc2ccc(Cl)cc2)cc(OC)c1O. The van der Waals surface area contributed by atoms with Crippen LogP contribution in [-0.2, 0) is 16.0 Å². The van der Waals surface area contributed by atoms with Crippen LogP contribution in [0.25, 0.3) is 0 Å². The molecule has 3 N–H and O–H groups in total. The number of benzene rings is 2. The Hall–Kier alpha value is -3.52. The molecule has 0 radical (unpaired) electrons. The molecule has 0 saturated heterocycles. The molecule has 0 aliphatic heterocycles. The van der Waals surface area contributed by atoms with Crippen LogP contribution >= 0.6 is 11.6 Å². The maximum absolute atomic E-state index is 12.7. The summed E-state index contributed by atoms with van der Waals surface area (Å²) in [7, 11) is 1.45. The highest BCUT2D eigenvalue weighted by Gasteiger charge is 2.22. The summed E-state index contributed by atoms with van der Waals surface area (Å²) >= 11 is 5.84. The van der Waals surface area contributed by atoms with Gasteiger partial charge in [-0.05, 0) is 60.7 Å². The predicted molar refractivity (Wildman–Crippen MR) is 133 cm³/mol. The largest absolute Gasteiger partial charge is 0.504 e. The molecule has 2 rings (SSSR count). The molecule has 2 aromatic carbocycles. The molecule has 0 saturated carbocycles. The molecular formula is C25H30ClN3O5. The lowest BCUT2D eigenvalue weighted by Crippen LogP contribution is -2.47. The van der Waals surface area contributed by atoms with Crippen molar-refractivity contribution in [2.24, 2.45) is 11.0 Å². The van der Waals surface area contributed by atoms with Crippen LogP contribution in [0, 0.1) is 5.92 Å². The molecule has 0 unspecified atom stereocenters. The summed E-state index contributed by atoms with van der Waals surface area (Å²) in [4.78, 5) is 25.0. The Morgan fingerprint density at radius 2 is 1.94 bits per heavy atom. The number of amides is 2. The molecular weight excluding hydrogens is 458 g/mol. The van der Waals surface area contributed by atoms with Crippen molar-refractivity contribution >= 4 is 29.6 Å². The number of hydrazone groups is 1. The monoisotopic (exact) mass is 487 g/mol. The zero-order valence-electron chi connectivity index (χ0n) is 19.5. The van der Waals surface area contributed by atoms with E-state index in [0.29, 0.717) is 34.7 Å². The van der Waals surface area contributed by atoms with E-state index >= 15 is 0 Å². The van der Waals surface area contributed by atoms with Gasteiger partial charge in [0.1, 0.15) is 11.8 Å². The molecule has 182 valence electrons. The smallest absolute Gasteiger partial charge is 0.262 e. The zero-order valence-corrected chi connectivity index (χ0v) is 20.3. The highest BCUT2D eigenvalue weighted by atomic mass is 35.5. The first kappa shape index (κ1) is 26.7. The standard InChI is InChI=1S/C25H30ClN3O5/c1-5-6-18-12-17(13-22(33-4)24(18)31)14-27-29-25(32)21(11-16(2)3)28-23(30)15-34-20-9-7-19(26)8-10-20/h5,7-10,12-14,16,21,31H,1,6,11,15H2,2-4H3,(H,28,30)(H,29,32)/b27-14-/t21-/m1/s1. The van der Waals surface area contributed by atoms with E-state index in [1.54, 1.807) is 42.5 Å². The Labute approximate surface area is 204 Å². The Morgan fingerprint density at radius 3 is 2.56 bits per heavy atom. The van der Waals surface area contributed by atoms with E-state index in [9.17, 15) is 14.7 Å². The van der Waals surface area contributed by atoms with E-state index in [1.165, 1.54) is 13.3 Å². The average molecular weight is 488 g/mol. The van der Waals surface area contributed by atoms with E-state index in [4.69, 9.17) is 21.1 Å². The van der Waals surface area contributed by atoms with Gasteiger partial charge in [-0.3, -0.25) is 9.59 Å². The summed E-state index contributed by atoms with van der Waals surface area (Å²) in [6, 6.07) is 9.15. The van der Waals surface area contributed by atoms with E-state index in [1.807, 2.05) is 13.8 Å². The van der Waals surface area contributed by atoms with Crippen LogP contribution in [0.4, 0.5) is 0 Å². The summed E-state index contributed by atoms with van der Waals surface area (Å²) < 4.78 is 10.6. The van der Waals surface area contributed by atoms with Gasteiger partial charge in [-0.25, -0.2) is 5.43 Å².